The Kier molecular flexibility index (Phi) is 10.5. The largest absolute Gasteiger partial charge is 0.507 e. The number of carbonyl (C=O) groups excluding carboxylic acids is 1. The van der Waals surface area contributed by atoms with Gasteiger partial charge in [-0.3, -0.25) is 14.4 Å². The maximum Gasteiger partial charge on any atom is 0.309 e. The van der Waals surface area contributed by atoms with Crippen molar-refractivity contribution in [2.75, 3.05) is 53.4 Å². The first-order chi connectivity index (χ1) is 17.4. The van der Waals surface area contributed by atoms with Crippen LogP contribution in [-0.4, -0.2) is 80.4 Å². The lowest BCUT2D eigenvalue weighted by Gasteiger charge is -2.35. The molecule has 11 heteroatoms. The first kappa shape index (κ1) is 27.4. The number of rotatable bonds is 15. The van der Waals surface area contributed by atoms with Crippen molar-refractivity contribution < 1.29 is 43.6 Å². The molecule has 1 aliphatic heterocycles. The fourth-order valence-electron chi connectivity index (χ4n) is 3.18. The number of phenolic OH excluding ortho intramolecular Hbond substituents is 1. The number of ketones is 1. The van der Waals surface area contributed by atoms with E-state index in [1.165, 1.54) is 18.2 Å². The first-order valence-corrected chi connectivity index (χ1v) is 11.5. The average Bonchev–Trinajstić information content (AvgIpc) is 2.83. The minimum absolute atomic E-state index is 0.0337. The highest BCUT2D eigenvalue weighted by atomic mass is 35.5. The van der Waals surface area contributed by atoms with Gasteiger partial charge in [-0.25, -0.2) is 0 Å². The minimum atomic E-state index is -0.816. The van der Waals surface area contributed by atoms with Gasteiger partial charge in [-0.2, -0.15) is 5.06 Å². The average molecular weight is 522 g/mol. The topological polar surface area (TPSA) is 124 Å². The molecule has 0 radical (unpaired) electrons. The SMILES string of the molecule is COCCOCOc1c(Cl)ccc(O)c1C(=O)/C=C/c1ccc(OCCON2CC(C(=O)O)C2)cc1. The lowest BCUT2D eigenvalue weighted by molar-refractivity contribution is -0.226. The summed E-state index contributed by atoms with van der Waals surface area (Å²) in [5.41, 5.74) is 0.671. The zero-order valence-electron chi connectivity index (χ0n) is 19.7. The number of benzene rings is 2. The fourth-order valence-corrected chi connectivity index (χ4v) is 3.40. The van der Waals surface area contributed by atoms with Gasteiger partial charge < -0.3 is 29.2 Å². The van der Waals surface area contributed by atoms with Crippen LogP contribution >= 0.6 is 11.6 Å². The van der Waals surface area contributed by atoms with E-state index < -0.39 is 11.8 Å². The summed E-state index contributed by atoms with van der Waals surface area (Å²) in [7, 11) is 1.55. The van der Waals surface area contributed by atoms with Crippen molar-refractivity contribution in [2.24, 2.45) is 5.92 Å². The molecule has 2 N–H and O–H groups in total. The summed E-state index contributed by atoms with van der Waals surface area (Å²) in [4.78, 5) is 29.0. The molecule has 0 saturated carbocycles. The van der Waals surface area contributed by atoms with Gasteiger partial charge in [0.2, 0.25) is 0 Å². The highest BCUT2D eigenvalue weighted by Crippen LogP contribution is 2.35. The van der Waals surface area contributed by atoms with Crippen molar-refractivity contribution in [3.8, 4) is 17.2 Å². The Balaban J connectivity index is 1.50. The van der Waals surface area contributed by atoms with Crippen molar-refractivity contribution >= 4 is 29.4 Å². The Morgan fingerprint density at radius 2 is 1.81 bits per heavy atom. The highest BCUT2D eigenvalue weighted by Gasteiger charge is 2.33. The Bertz CT molecular complexity index is 1050. The van der Waals surface area contributed by atoms with E-state index in [0.29, 0.717) is 45.3 Å². The molecule has 0 amide bonds. The number of nitrogens with zero attached hydrogens (tertiary/aromatic N) is 1. The lowest BCUT2D eigenvalue weighted by atomic mass is 10.0. The Morgan fingerprint density at radius 1 is 1.06 bits per heavy atom. The van der Waals surface area contributed by atoms with Crippen LogP contribution < -0.4 is 9.47 Å². The van der Waals surface area contributed by atoms with Crippen LogP contribution in [-0.2, 0) is 19.1 Å². The number of methoxy groups -OCH3 is 1. The maximum atomic E-state index is 12.8. The number of carbonyl (C=O) groups is 2. The van der Waals surface area contributed by atoms with Gasteiger partial charge in [-0.15, -0.1) is 0 Å². The quantitative estimate of drug-likeness (QED) is 0.156. The Labute approximate surface area is 213 Å². The summed E-state index contributed by atoms with van der Waals surface area (Å²) in [5.74, 6) is -1.29. The maximum absolute atomic E-state index is 12.8. The summed E-state index contributed by atoms with van der Waals surface area (Å²) in [6.45, 7) is 1.87. The molecule has 0 unspecified atom stereocenters. The van der Waals surface area contributed by atoms with Gasteiger partial charge >= 0.3 is 5.97 Å². The molecule has 194 valence electrons. The van der Waals surface area contributed by atoms with Crippen LogP contribution in [0.15, 0.2) is 42.5 Å². The molecular weight excluding hydrogens is 494 g/mol. The van der Waals surface area contributed by atoms with Gasteiger partial charge in [-0.1, -0.05) is 29.8 Å². The van der Waals surface area contributed by atoms with Crippen LogP contribution in [0.3, 0.4) is 0 Å². The number of allylic oxidation sites excluding steroid dienone is 1. The molecule has 36 heavy (non-hydrogen) atoms. The monoisotopic (exact) mass is 521 g/mol. The van der Waals surface area contributed by atoms with Crippen LogP contribution in [0.5, 0.6) is 17.2 Å². The number of halogens is 1. The molecule has 2 aromatic carbocycles. The third-order valence-corrected chi connectivity index (χ3v) is 5.48. The first-order valence-electron chi connectivity index (χ1n) is 11.2. The molecule has 1 saturated heterocycles. The molecule has 0 bridgehead atoms. The van der Waals surface area contributed by atoms with Gasteiger partial charge in [0.25, 0.3) is 0 Å². The van der Waals surface area contributed by atoms with E-state index in [1.807, 2.05) is 0 Å². The standard InChI is InChI=1S/C25H28ClNO9/c1-32-10-11-33-16-35-24-20(26)7-9-22(29)23(24)21(28)8-4-17-2-5-19(6-3-17)34-12-13-36-27-14-18(15-27)25(30)31/h2-9,18,29H,10-16H2,1H3,(H,30,31)/b8-4+. The van der Waals surface area contributed by atoms with E-state index in [9.17, 15) is 14.7 Å². The second-order valence-electron chi connectivity index (χ2n) is 7.76. The van der Waals surface area contributed by atoms with Crippen molar-refractivity contribution in [1.82, 2.24) is 5.06 Å². The van der Waals surface area contributed by atoms with Crippen molar-refractivity contribution in [1.29, 1.82) is 0 Å². The number of ether oxygens (including phenoxy) is 4. The second-order valence-corrected chi connectivity index (χ2v) is 8.17. The van der Waals surface area contributed by atoms with Crippen LogP contribution in [0.25, 0.3) is 6.08 Å². The van der Waals surface area contributed by atoms with Crippen molar-refractivity contribution in [2.45, 2.75) is 0 Å². The summed E-state index contributed by atoms with van der Waals surface area (Å²) in [5, 5.41) is 20.9. The summed E-state index contributed by atoms with van der Waals surface area (Å²) in [6.07, 6.45) is 2.91. The molecule has 0 atom stereocenters. The summed E-state index contributed by atoms with van der Waals surface area (Å²) >= 11 is 6.18. The Morgan fingerprint density at radius 3 is 2.50 bits per heavy atom. The third kappa shape index (κ3) is 7.94. The highest BCUT2D eigenvalue weighted by molar-refractivity contribution is 6.33. The van der Waals surface area contributed by atoms with Crippen LogP contribution in [0.2, 0.25) is 5.02 Å². The number of carboxylic acids is 1. The number of aromatic hydroxyl groups is 1. The van der Waals surface area contributed by atoms with Crippen LogP contribution in [0.4, 0.5) is 0 Å². The van der Waals surface area contributed by atoms with E-state index >= 15 is 0 Å². The number of carboxylic acid groups (broad SMARTS) is 1. The smallest absolute Gasteiger partial charge is 0.309 e. The lowest BCUT2D eigenvalue weighted by Crippen LogP contribution is -2.50. The number of aliphatic carboxylic acids is 1. The Hall–Kier alpha value is -3.15. The van der Waals surface area contributed by atoms with E-state index in [4.69, 9.17) is 40.5 Å². The van der Waals surface area contributed by atoms with Crippen LogP contribution in [0.1, 0.15) is 15.9 Å². The van der Waals surface area contributed by atoms with Crippen molar-refractivity contribution in [3.05, 3.63) is 58.6 Å². The molecular formula is C25H28ClNO9. The fraction of sp³-hybridized carbons (Fsp3) is 0.360. The van der Waals surface area contributed by atoms with Gasteiger partial charge in [0.1, 0.15) is 30.3 Å². The van der Waals surface area contributed by atoms with Gasteiger partial charge in [0, 0.05) is 20.2 Å². The van der Waals surface area contributed by atoms with Crippen LogP contribution in [0, 0.1) is 5.92 Å². The molecule has 1 heterocycles. The number of hydroxylamine groups is 2. The molecule has 3 rings (SSSR count). The minimum Gasteiger partial charge on any atom is -0.507 e. The molecule has 0 aromatic heterocycles. The number of hydrogen-bond donors (Lipinski definition) is 2. The number of hydrogen-bond acceptors (Lipinski definition) is 9. The molecule has 1 fully saturated rings. The van der Waals surface area contributed by atoms with E-state index in [0.717, 1.165) is 5.56 Å². The summed E-state index contributed by atoms with van der Waals surface area (Å²) in [6, 6.07) is 9.79. The molecule has 0 spiro atoms. The zero-order valence-corrected chi connectivity index (χ0v) is 20.5. The van der Waals surface area contributed by atoms with Gasteiger partial charge in [-0.05, 0) is 35.9 Å². The third-order valence-electron chi connectivity index (χ3n) is 5.18. The zero-order chi connectivity index (χ0) is 25.9. The number of phenols is 1. The van der Waals surface area contributed by atoms with E-state index in [2.05, 4.69) is 0 Å². The normalized spacial score (nSPS) is 14.1. The van der Waals surface area contributed by atoms with Crippen molar-refractivity contribution in [3.63, 3.8) is 0 Å². The molecule has 1 aliphatic rings. The predicted molar refractivity (Wildman–Crippen MR) is 130 cm³/mol. The summed E-state index contributed by atoms with van der Waals surface area (Å²) < 4.78 is 21.2. The van der Waals surface area contributed by atoms with Gasteiger partial charge in [0.15, 0.2) is 18.3 Å². The molecule has 10 nitrogen and oxygen atoms in total. The van der Waals surface area contributed by atoms with E-state index in [-0.39, 0.29) is 34.8 Å². The van der Waals surface area contributed by atoms with Gasteiger partial charge in [0.05, 0.1) is 24.2 Å². The predicted octanol–water partition coefficient (Wildman–Crippen LogP) is 3.27. The molecule has 0 aliphatic carbocycles. The second kappa shape index (κ2) is 13.8. The molecule has 2 aromatic rings. The van der Waals surface area contributed by atoms with E-state index in [1.54, 1.807) is 42.5 Å².